The number of hydrogen-bond acceptors (Lipinski definition) is 3. The van der Waals surface area contributed by atoms with E-state index in [1.54, 1.807) is 0 Å². The summed E-state index contributed by atoms with van der Waals surface area (Å²) in [5.41, 5.74) is 5.66. The molecule has 0 bridgehead atoms. The summed E-state index contributed by atoms with van der Waals surface area (Å²) in [7, 11) is -1.85. The van der Waals surface area contributed by atoms with Crippen LogP contribution < -0.4 is 11.1 Å². The molecule has 0 heterocycles. The van der Waals surface area contributed by atoms with Gasteiger partial charge in [-0.05, 0) is 30.3 Å². The Kier molecular flexibility index (Phi) is 4.64. The predicted molar refractivity (Wildman–Crippen MR) is 77.1 cm³/mol. The van der Waals surface area contributed by atoms with Gasteiger partial charge in [-0.1, -0.05) is 12.1 Å². The van der Waals surface area contributed by atoms with Crippen LogP contribution >= 0.6 is 0 Å². The Morgan fingerprint density at radius 2 is 1.86 bits per heavy atom. The zero-order valence-corrected chi connectivity index (χ0v) is 11.6. The number of halogens is 2. The van der Waals surface area contributed by atoms with Crippen molar-refractivity contribution in [3.63, 3.8) is 0 Å². The SMILES string of the molecule is Nc1ccc(F)c(NC(=O)CS(=O)c2ccccc2F)c1. The van der Waals surface area contributed by atoms with Gasteiger partial charge < -0.3 is 11.1 Å². The van der Waals surface area contributed by atoms with Gasteiger partial charge in [-0.25, -0.2) is 8.78 Å². The molecule has 0 aliphatic carbocycles. The van der Waals surface area contributed by atoms with E-state index in [4.69, 9.17) is 5.73 Å². The van der Waals surface area contributed by atoms with Crippen molar-refractivity contribution in [1.29, 1.82) is 0 Å². The molecule has 7 heteroatoms. The van der Waals surface area contributed by atoms with Gasteiger partial charge in [0.15, 0.2) is 0 Å². The predicted octanol–water partition coefficient (Wildman–Crippen LogP) is 2.29. The van der Waals surface area contributed by atoms with Crippen molar-refractivity contribution < 1.29 is 17.8 Å². The highest BCUT2D eigenvalue weighted by atomic mass is 32.2. The number of nitrogen functional groups attached to an aromatic ring is 1. The maximum Gasteiger partial charge on any atom is 0.237 e. The van der Waals surface area contributed by atoms with Crippen LogP contribution in [0, 0.1) is 11.6 Å². The third-order valence-corrected chi connectivity index (χ3v) is 3.95. The molecule has 0 radical (unpaired) electrons. The van der Waals surface area contributed by atoms with Gasteiger partial charge in [-0.3, -0.25) is 9.00 Å². The van der Waals surface area contributed by atoms with Crippen molar-refractivity contribution in [3.8, 4) is 0 Å². The Bertz CT molecular complexity index is 707. The molecule has 0 saturated carbocycles. The van der Waals surface area contributed by atoms with Gasteiger partial charge in [0.2, 0.25) is 5.91 Å². The largest absolute Gasteiger partial charge is 0.399 e. The lowest BCUT2D eigenvalue weighted by molar-refractivity contribution is -0.113. The average molecular weight is 310 g/mol. The third kappa shape index (κ3) is 3.85. The fourth-order valence-electron chi connectivity index (χ4n) is 1.65. The normalized spacial score (nSPS) is 11.9. The minimum absolute atomic E-state index is 0.0688. The number of rotatable bonds is 4. The zero-order chi connectivity index (χ0) is 15.4. The fourth-order valence-corrected chi connectivity index (χ4v) is 2.63. The van der Waals surface area contributed by atoms with Crippen molar-refractivity contribution in [2.75, 3.05) is 16.8 Å². The van der Waals surface area contributed by atoms with E-state index in [2.05, 4.69) is 5.32 Å². The summed E-state index contributed by atoms with van der Waals surface area (Å²) in [5, 5.41) is 2.26. The smallest absolute Gasteiger partial charge is 0.237 e. The van der Waals surface area contributed by atoms with Gasteiger partial charge in [0.1, 0.15) is 17.4 Å². The van der Waals surface area contributed by atoms with E-state index in [1.807, 2.05) is 0 Å². The molecule has 0 spiro atoms. The molecule has 0 aliphatic heterocycles. The van der Waals surface area contributed by atoms with Crippen LogP contribution in [0.4, 0.5) is 20.2 Å². The fraction of sp³-hybridized carbons (Fsp3) is 0.0714. The van der Waals surface area contributed by atoms with E-state index in [1.165, 1.54) is 30.3 Å². The van der Waals surface area contributed by atoms with Crippen LogP contribution in [0.5, 0.6) is 0 Å². The number of carbonyl (C=O) groups is 1. The molecule has 2 rings (SSSR count). The Hall–Kier alpha value is -2.28. The number of benzene rings is 2. The standard InChI is InChI=1S/C14H12F2N2O2S/c15-10-6-5-9(17)7-12(10)18-14(19)8-21(20)13-4-2-1-3-11(13)16/h1-7H,8,17H2,(H,18,19). The number of amides is 1. The summed E-state index contributed by atoms with van der Waals surface area (Å²) >= 11 is 0. The van der Waals surface area contributed by atoms with Crippen LogP contribution in [0.25, 0.3) is 0 Å². The summed E-state index contributed by atoms with van der Waals surface area (Å²) in [6.07, 6.45) is 0. The molecule has 2 aromatic rings. The Morgan fingerprint density at radius 1 is 1.14 bits per heavy atom. The topological polar surface area (TPSA) is 72.2 Å². The highest BCUT2D eigenvalue weighted by Crippen LogP contribution is 2.18. The molecule has 1 atom stereocenters. The molecule has 110 valence electrons. The highest BCUT2D eigenvalue weighted by Gasteiger charge is 2.15. The first-order valence-electron chi connectivity index (χ1n) is 5.95. The molecule has 1 amide bonds. The van der Waals surface area contributed by atoms with E-state index in [-0.39, 0.29) is 16.3 Å². The third-order valence-electron chi connectivity index (χ3n) is 2.61. The zero-order valence-electron chi connectivity index (χ0n) is 10.8. The van der Waals surface area contributed by atoms with Crippen molar-refractivity contribution in [2.45, 2.75) is 4.90 Å². The highest BCUT2D eigenvalue weighted by molar-refractivity contribution is 7.85. The molecule has 0 aliphatic rings. The monoisotopic (exact) mass is 310 g/mol. The number of hydrogen-bond donors (Lipinski definition) is 2. The van der Waals surface area contributed by atoms with Gasteiger partial charge in [-0.15, -0.1) is 0 Å². The second-order valence-corrected chi connectivity index (χ2v) is 5.63. The van der Waals surface area contributed by atoms with E-state index >= 15 is 0 Å². The number of nitrogens with one attached hydrogen (secondary N) is 1. The molecular weight excluding hydrogens is 298 g/mol. The molecule has 21 heavy (non-hydrogen) atoms. The van der Waals surface area contributed by atoms with Crippen molar-refractivity contribution in [1.82, 2.24) is 0 Å². The van der Waals surface area contributed by atoms with Crippen LogP contribution in [-0.4, -0.2) is 15.9 Å². The molecule has 3 N–H and O–H groups in total. The van der Waals surface area contributed by atoms with Crippen molar-refractivity contribution in [3.05, 3.63) is 54.1 Å². The van der Waals surface area contributed by atoms with E-state index < -0.39 is 34.1 Å². The molecule has 0 saturated heterocycles. The van der Waals surface area contributed by atoms with Gasteiger partial charge >= 0.3 is 0 Å². The number of anilines is 2. The van der Waals surface area contributed by atoms with Crippen LogP contribution in [0.2, 0.25) is 0 Å². The molecule has 1 unspecified atom stereocenters. The second kappa shape index (κ2) is 6.45. The molecule has 0 fully saturated rings. The first-order valence-corrected chi connectivity index (χ1v) is 7.27. The Balaban J connectivity index is 2.07. The van der Waals surface area contributed by atoms with E-state index in [0.717, 1.165) is 12.1 Å². The molecule has 2 aromatic carbocycles. The van der Waals surface area contributed by atoms with Gasteiger partial charge in [0, 0.05) is 5.69 Å². The van der Waals surface area contributed by atoms with Gasteiger partial charge in [0.25, 0.3) is 0 Å². The second-order valence-electron chi connectivity index (χ2n) is 4.21. The summed E-state index contributed by atoms with van der Waals surface area (Å²) in [6.45, 7) is 0. The lowest BCUT2D eigenvalue weighted by Crippen LogP contribution is -2.20. The van der Waals surface area contributed by atoms with Gasteiger partial charge in [-0.2, -0.15) is 0 Å². The summed E-state index contributed by atoms with van der Waals surface area (Å²) in [5.74, 6) is -2.48. The van der Waals surface area contributed by atoms with E-state index in [0.29, 0.717) is 0 Å². The first kappa shape index (κ1) is 15.1. The summed E-state index contributed by atoms with van der Waals surface area (Å²) in [6, 6.07) is 9.17. The first-order chi connectivity index (χ1) is 9.97. The molecule has 4 nitrogen and oxygen atoms in total. The lowest BCUT2D eigenvalue weighted by Gasteiger charge is -2.07. The van der Waals surface area contributed by atoms with Gasteiger partial charge in [0.05, 0.1) is 21.4 Å². The molecule has 0 aromatic heterocycles. The van der Waals surface area contributed by atoms with Crippen molar-refractivity contribution >= 4 is 28.1 Å². The maximum absolute atomic E-state index is 13.4. The summed E-state index contributed by atoms with van der Waals surface area (Å²) in [4.78, 5) is 11.7. The summed E-state index contributed by atoms with van der Waals surface area (Å²) < 4.78 is 38.8. The Morgan fingerprint density at radius 3 is 2.57 bits per heavy atom. The average Bonchev–Trinajstić information content (AvgIpc) is 2.43. The van der Waals surface area contributed by atoms with Crippen LogP contribution in [-0.2, 0) is 15.6 Å². The lowest BCUT2D eigenvalue weighted by atomic mass is 10.2. The van der Waals surface area contributed by atoms with E-state index in [9.17, 15) is 17.8 Å². The maximum atomic E-state index is 13.4. The minimum Gasteiger partial charge on any atom is -0.399 e. The van der Waals surface area contributed by atoms with Crippen LogP contribution in [0.3, 0.4) is 0 Å². The quantitative estimate of drug-likeness (QED) is 0.851. The molecular formula is C14H12F2N2O2S. The minimum atomic E-state index is -1.85. The Labute approximate surface area is 122 Å². The number of carbonyl (C=O) groups excluding carboxylic acids is 1. The van der Waals surface area contributed by atoms with Crippen LogP contribution in [0.15, 0.2) is 47.4 Å². The van der Waals surface area contributed by atoms with Crippen LogP contribution in [0.1, 0.15) is 0 Å². The number of nitrogens with two attached hydrogens (primary N) is 1. The van der Waals surface area contributed by atoms with Crippen molar-refractivity contribution in [2.24, 2.45) is 0 Å².